The van der Waals surface area contributed by atoms with Crippen LogP contribution in [-0.2, 0) is 9.59 Å². The van der Waals surface area contributed by atoms with E-state index in [1.165, 1.54) is 9.91 Å². The van der Waals surface area contributed by atoms with Gasteiger partial charge >= 0.3 is 0 Å². The molecule has 0 bridgehead atoms. The monoisotopic (exact) mass is 604 g/mol. The average molecular weight is 605 g/mol. The van der Waals surface area contributed by atoms with Gasteiger partial charge < -0.3 is 5.32 Å². The van der Waals surface area contributed by atoms with Crippen LogP contribution in [0.2, 0.25) is 5.02 Å². The summed E-state index contributed by atoms with van der Waals surface area (Å²) in [5.41, 5.74) is 4.18. The van der Waals surface area contributed by atoms with Gasteiger partial charge in [0.05, 0.1) is 12.1 Å². The molecule has 3 aromatic carbocycles. The Balaban J connectivity index is 1.59. The smallest absolute Gasteiger partial charge is 0.269 e. The van der Waals surface area contributed by atoms with Crippen LogP contribution in [0.5, 0.6) is 0 Å². The van der Waals surface area contributed by atoms with Crippen LogP contribution in [0.1, 0.15) is 16.8 Å². The third-order valence-electron chi connectivity index (χ3n) is 5.06. The fourth-order valence-corrected chi connectivity index (χ4v) is 4.27. The third kappa shape index (κ3) is 5.37. The highest BCUT2D eigenvalue weighted by atomic mass is 127. The Bertz CT molecular complexity index is 1240. The van der Waals surface area contributed by atoms with E-state index in [9.17, 15) is 14.4 Å². The first kappa shape index (κ1) is 24.1. The zero-order valence-corrected chi connectivity index (χ0v) is 21.3. The van der Waals surface area contributed by atoms with E-state index in [2.05, 4.69) is 33.3 Å². The molecule has 0 aromatic heterocycles. The van der Waals surface area contributed by atoms with Gasteiger partial charge in [0.2, 0.25) is 11.0 Å². The number of anilines is 2. The van der Waals surface area contributed by atoms with E-state index in [4.69, 9.17) is 23.8 Å². The SMILES string of the molecule is O=C(CC1C(=O)N(c2ccc(Cl)cc2)C(=S)N1NC(=O)c1ccccc1)Nc1ccc(I)cc1. The number of benzene rings is 3. The Morgan fingerprint density at radius 3 is 2.26 bits per heavy atom. The van der Waals surface area contributed by atoms with Crippen LogP contribution in [0.15, 0.2) is 78.9 Å². The van der Waals surface area contributed by atoms with Gasteiger partial charge in [0.15, 0.2) is 0 Å². The number of hydrogen-bond acceptors (Lipinski definition) is 4. The lowest BCUT2D eigenvalue weighted by Crippen LogP contribution is -2.49. The summed E-state index contributed by atoms with van der Waals surface area (Å²) in [5.74, 6) is -1.27. The number of thiocarbonyl (C=S) groups is 1. The van der Waals surface area contributed by atoms with Crippen molar-refractivity contribution >= 4 is 80.6 Å². The lowest BCUT2D eigenvalue weighted by Gasteiger charge is -2.24. The highest BCUT2D eigenvalue weighted by Gasteiger charge is 2.45. The minimum atomic E-state index is -1.03. The molecule has 7 nitrogen and oxygen atoms in total. The average Bonchev–Trinajstić information content (AvgIpc) is 3.05. The molecule has 4 rings (SSSR count). The number of halogens is 2. The lowest BCUT2D eigenvalue weighted by atomic mass is 10.1. The minimum Gasteiger partial charge on any atom is -0.326 e. The van der Waals surface area contributed by atoms with Crippen molar-refractivity contribution in [1.29, 1.82) is 0 Å². The Kier molecular flexibility index (Phi) is 7.44. The topological polar surface area (TPSA) is 81.8 Å². The molecule has 0 spiro atoms. The number of nitrogens with one attached hydrogen (secondary N) is 2. The maximum absolute atomic E-state index is 13.4. The van der Waals surface area contributed by atoms with Crippen molar-refractivity contribution in [2.75, 3.05) is 10.2 Å². The molecule has 1 unspecified atom stereocenters. The van der Waals surface area contributed by atoms with E-state index in [0.717, 1.165) is 3.57 Å². The molecule has 3 aromatic rings. The minimum absolute atomic E-state index is 0.0590. The maximum atomic E-state index is 13.4. The van der Waals surface area contributed by atoms with Crippen LogP contribution in [-0.4, -0.2) is 33.9 Å². The van der Waals surface area contributed by atoms with Gasteiger partial charge in [-0.15, -0.1) is 0 Å². The number of hydrazine groups is 1. The molecule has 10 heteroatoms. The summed E-state index contributed by atoms with van der Waals surface area (Å²) in [4.78, 5) is 40.3. The number of nitrogens with zero attached hydrogens (tertiary/aromatic N) is 2. The summed E-state index contributed by atoms with van der Waals surface area (Å²) in [6.07, 6.45) is -0.218. The normalized spacial score (nSPS) is 15.4. The van der Waals surface area contributed by atoms with E-state index in [0.29, 0.717) is 22.0 Å². The fraction of sp³-hybridized carbons (Fsp3) is 0.0833. The largest absolute Gasteiger partial charge is 0.326 e. The highest BCUT2D eigenvalue weighted by molar-refractivity contribution is 14.1. The first-order valence-electron chi connectivity index (χ1n) is 10.2. The van der Waals surface area contributed by atoms with Crippen molar-refractivity contribution in [3.8, 4) is 0 Å². The molecular formula is C24H18ClIN4O3S. The van der Waals surface area contributed by atoms with E-state index in [1.807, 2.05) is 12.1 Å². The number of hydrogen-bond donors (Lipinski definition) is 2. The number of rotatable bonds is 6. The van der Waals surface area contributed by atoms with Gasteiger partial charge in [0.1, 0.15) is 6.04 Å². The highest BCUT2D eigenvalue weighted by Crippen LogP contribution is 2.27. The van der Waals surface area contributed by atoms with Crippen LogP contribution in [0.3, 0.4) is 0 Å². The summed E-state index contributed by atoms with van der Waals surface area (Å²) in [6.45, 7) is 0. The van der Waals surface area contributed by atoms with Gasteiger partial charge in [0.25, 0.3) is 11.8 Å². The summed E-state index contributed by atoms with van der Waals surface area (Å²) in [6, 6.07) is 21.4. The van der Waals surface area contributed by atoms with Crippen molar-refractivity contribution in [2.24, 2.45) is 0 Å². The number of amides is 3. The zero-order chi connectivity index (χ0) is 24.2. The van der Waals surface area contributed by atoms with E-state index in [-0.39, 0.29) is 17.4 Å². The van der Waals surface area contributed by atoms with Gasteiger partial charge in [-0.1, -0.05) is 29.8 Å². The quantitative estimate of drug-likeness (QED) is 0.317. The molecule has 1 fully saturated rings. The molecule has 3 amide bonds. The third-order valence-corrected chi connectivity index (χ3v) is 6.41. The molecule has 1 aliphatic heterocycles. The Labute approximate surface area is 220 Å². The summed E-state index contributed by atoms with van der Waals surface area (Å²) in [5, 5.41) is 4.62. The van der Waals surface area contributed by atoms with Crippen molar-refractivity contribution in [3.63, 3.8) is 0 Å². The van der Waals surface area contributed by atoms with Crippen LogP contribution in [0.25, 0.3) is 0 Å². The molecule has 0 aliphatic carbocycles. The van der Waals surface area contributed by atoms with E-state index in [1.54, 1.807) is 66.7 Å². The molecule has 0 radical (unpaired) electrons. The van der Waals surface area contributed by atoms with Crippen molar-refractivity contribution in [2.45, 2.75) is 12.5 Å². The zero-order valence-electron chi connectivity index (χ0n) is 17.6. The van der Waals surface area contributed by atoms with Gasteiger partial charge in [-0.25, -0.2) is 5.01 Å². The number of carbonyl (C=O) groups is 3. The standard InChI is InChI=1S/C24H18ClIN4O3S/c25-16-6-12-19(13-7-16)29-23(33)20(14-21(31)27-18-10-8-17(26)9-11-18)30(24(29)34)28-22(32)15-4-2-1-3-5-15/h1-13,20H,14H2,(H,27,31)(H,28,32). The molecule has 1 saturated heterocycles. The molecule has 1 heterocycles. The molecule has 2 N–H and O–H groups in total. The second kappa shape index (κ2) is 10.5. The van der Waals surface area contributed by atoms with Gasteiger partial charge in [0, 0.05) is 19.8 Å². The Hall–Kier alpha value is -3.02. The van der Waals surface area contributed by atoms with Gasteiger partial charge in [-0.2, -0.15) is 0 Å². The molecule has 1 aliphatic rings. The summed E-state index contributed by atoms with van der Waals surface area (Å²) >= 11 is 13.7. The summed E-state index contributed by atoms with van der Waals surface area (Å²) < 4.78 is 1.03. The van der Waals surface area contributed by atoms with E-state index < -0.39 is 17.9 Å². The van der Waals surface area contributed by atoms with Gasteiger partial charge in [-0.05, 0) is 95.5 Å². The van der Waals surface area contributed by atoms with Crippen LogP contribution >= 0.6 is 46.4 Å². The first-order chi connectivity index (χ1) is 16.3. The maximum Gasteiger partial charge on any atom is 0.269 e. The molecule has 34 heavy (non-hydrogen) atoms. The molecule has 0 saturated carbocycles. The molecule has 172 valence electrons. The Morgan fingerprint density at radius 1 is 0.971 bits per heavy atom. The predicted molar refractivity (Wildman–Crippen MR) is 143 cm³/mol. The van der Waals surface area contributed by atoms with Crippen LogP contribution in [0.4, 0.5) is 11.4 Å². The van der Waals surface area contributed by atoms with Crippen molar-refractivity contribution < 1.29 is 14.4 Å². The first-order valence-corrected chi connectivity index (χ1v) is 12.0. The van der Waals surface area contributed by atoms with Crippen LogP contribution in [0, 0.1) is 3.57 Å². The van der Waals surface area contributed by atoms with Crippen molar-refractivity contribution in [1.82, 2.24) is 10.4 Å². The number of carbonyl (C=O) groups excluding carboxylic acids is 3. The molecular weight excluding hydrogens is 587 g/mol. The van der Waals surface area contributed by atoms with Crippen LogP contribution < -0.4 is 15.6 Å². The van der Waals surface area contributed by atoms with E-state index >= 15 is 0 Å². The second-order valence-corrected chi connectivity index (χ2v) is 9.43. The van der Waals surface area contributed by atoms with Crippen molar-refractivity contribution in [3.05, 3.63) is 93.0 Å². The summed E-state index contributed by atoms with van der Waals surface area (Å²) in [7, 11) is 0. The van der Waals surface area contributed by atoms with Gasteiger partial charge in [-0.3, -0.25) is 24.7 Å². The second-order valence-electron chi connectivity index (χ2n) is 7.38. The predicted octanol–water partition coefficient (Wildman–Crippen LogP) is 4.62. The fourth-order valence-electron chi connectivity index (χ4n) is 3.41. The lowest BCUT2D eigenvalue weighted by molar-refractivity contribution is -0.124. The Morgan fingerprint density at radius 2 is 1.62 bits per heavy atom. The molecule has 1 atom stereocenters.